The van der Waals surface area contributed by atoms with Crippen LogP contribution in [0.4, 0.5) is 0 Å². The fourth-order valence-corrected chi connectivity index (χ4v) is 2.74. The van der Waals surface area contributed by atoms with Gasteiger partial charge in [-0.1, -0.05) is 42.8 Å². The molecule has 0 saturated heterocycles. The first-order valence-corrected chi connectivity index (χ1v) is 8.08. The van der Waals surface area contributed by atoms with Gasteiger partial charge in [-0.2, -0.15) is 0 Å². The van der Waals surface area contributed by atoms with Gasteiger partial charge in [0.15, 0.2) is 0 Å². The molecule has 0 heterocycles. The molecule has 0 fully saturated rings. The summed E-state index contributed by atoms with van der Waals surface area (Å²) >= 11 is 0. The van der Waals surface area contributed by atoms with Gasteiger partial charge in [0.25, 0.3) is 0 Å². The summed E-state index contributed by atoms with van der Waals surface area (Å²) in [6.45, 7) is 5.17. The normalized spacial score (nSPS) is 12.2. The molecular weight excluding hydrogens is 270 g/mol. The molecule has 0 aromatic heterocycles. The number of hydrogen-bond acceptors (Lipinski definition) is 2. The van der Waals surface area contributed by atoms with E-state index in [9.17, 15) is 0 Å². The van der Waals surface area contributed by atoms with Crippen LogP contribution in [-0.2, 0) is 6.42 Å². The fraction of sp³-hybridized carbons (Fsp3) is 0.400. The van der Waals surface area contributed by atoms with Crippen LogP contribution in [0.3, 0.4) is 0 Å². The molecule has 0 spiro atoms. The van der Waals surface area contributed by atoms with Crippen molar-refractivity contribution in [3.63, 3.8) is 0 Å². The van der Waals surface area contributed by atoms with Crippen molar-refractivity contribution in [2.75, 3.05) is 13.7 Å². The standard InChI is InChI=1S/C20H27NO/c1-15(12-13-21)4-6-17-7-9-18(10-8-17)19-14-16(2)5-11-20(19)22-3/h5,7-11,14-15H,4,6,12-13,21H2,1-3H3. The van der Waals surface area contributed by atoms with E-state index in [2.05, 4.69) is 50.2 Å². The summed E-state index contributed by atoms with van der Waals surface area (Å²) in [6, 6.07) is 15.1. The van der Waals surface area contributed by atoms with Gasteiger partial charge < -0.3 is 10.5 Å². The van der Waals surface area contributed by atoms with Gasteiger partial charge in [-0.3, -0.25) is 0 Å². The summed E-state index contributed by atoms with van der Waals surface area (Å²) in [6.07, 6.45) is 3.43. The largest absolute Gasteiger partial charge is 0.496 e. The maximum Gasteiger partial charge on any atom is 0.126 e. The molecule has 0 aliphatic carbocycles. The van der Waals surface area contributed by atoms with Crippen LogP contribution in [0.25, 0.3) is 11.1 Å². The number of rotatable bonds is 7. The third-order valence-electron chi connectivity index (χ3n) is 4.21. The van der Waals surface area contributed by atoms with Crippen LogP contribution in [-0.4, -0.2) is 13.7 Å². The lowest BCUT2D eigenvalue weighted by molar-refractivity contribution is 0.416. The first-order chi connectivity index (χ1) is 10.6. The maximum atomic E-state index is 5.61. The molecule has 0 aliphatic rings. The van der Waals surface area contributed by atoms with Crippen LogP contribution >= 0.6 is 0 Å². The van der Waals surface area contributed by atoms with E-state index in [1.54, 1.807) is 7.11 Å². The van der Waals surface area contributed by atoms with Crippen LogP contribution in [0.5, 0.6) is 5.75 Å². The molecule has 0 radical (unpaired) electrons. The van der Waals surface area contributed by atoms with E-state index in [4.69, 9.17) is 10.5 Å². The monoisotopic (exact) mass is 297 g/mol. The van der Waals surface area contributed by atoms with E-state index in [1.807, 2.05) is 6.07 Å². The quantitative estimate of drug-likeness (QED) is 0.811. The molecule has 1 atom stereocenters. The van der Waals surface area contributed by atoms with E-state index in [1.165, 1.54) is 23.1 Å². The Bertz CT molecular complexity index is 589. The molecule has 118 valence electrons. The van der Waals surface area contributed by atoms with Crippen molar-refractivity contribution in [2.24, 2.45) is 11.7 Å². The highest BCUT2D eigenvalue weighted by Gasteiger charge is 2.07. The van der Waals surface area contributed by atoms with Crippen LogP contribution < -0.4 is 10.5 Å². The highest BCUT2D eigenvalue weighted by atomic mass is 16.5. The molecule has 1 unspecified atom stereocenters. The first kappa shape index (κ1) is 16.6. The minimum absolute atomic E-state index is 0.696. The van der Waals surface area contributed by atoms with Crippen molar-refractivity contribution in [3.8, 4) is 16.9 Å². The molecule has 0 saturated carbocycles. The molecule has 2 N–H and O–H groups in total. The maximum absolute atomic E-state index is 5.61. The van der Waals surface area contributed by atoms with Gasteiger partial charge in [0.05, 0.1) is 7.11 Å². The molecule has 0 bridgehead atoms. The van der Waals surface area contributed by atoms with Gasteiger partial charge in [0.1, 0.15) is 5.75 Å². The van der Waals surface area contributed by atoms with Crippen LogP contribution in [0.1, 0.15) is 30.9 Å². The van der Waals surface area contributed by atoms with E-state index in [0.29, 0.717) is 5.92 Å². The smallest absolute Gasteiger partial charge is 0.126 e. The van der Waals surface area contributed by atoms with Crippen molar-refractivity contribution in [1.82, 2.24) is 0 Å². The molecule has 2 aromatic rings. The number of nitrogens with two attached hydrogens (primary N) is 1. The van der Waals surface area contributed by atoms with Gasteiger partial charge in [-0.05, 0) is 61.9 Å². The zero-order valence-electron chi connectivity index (χ0n) is 13.9. The summed E-state index contributed by atoms with van der Waals surface area (Å²) in [5.74, 6) is 1.62. The molecular formula is C20H27NO. The van der Waals surface area contributed by atoms with E-state index >= 15 is 0 Å². The number of benzene rings is 2. The van der Waals surface area contributed by atoms with E-state index in [0.717, 1.165) is 30.7 Å². The zero-order chi connectivity index (χ0) is 15.9. The summed E-state index contributed by atoms with van der Waals surface area (Å²) in [4.78, 5) is 0. The summed E-state index contributed by atoms with van der Waals surface area (Å²) in [7, 11) is 1.72. The van der Waals surface area contributed by atoms with Crippen LogP contribution in [0.2, 0.25) is 0 Å². The molecule has 0 amide bonds. The Kier molecular flexibility index (Phi) is 6.02. The Morgan fingerprint density at radius 1 is 1.05 bits per heavy atom. The molecule has 0 aliphatic heterocycles. The lowest BCUT2D eigenvalue weighted by Gasteiger charge is -2.12. The Morgan fingerprint density at radius 3 is 2.41 bits per heavy atom. The molecule has 22 heavy (non-hydrogen) atoms. The summed E-state index contributed by atoms with van der Waals surface area (Å²) in [5, 5.41) is 0. The second kappa shape index (κ2) is 8.00. The zero-order valence-corrected chi connectivity index (χ0v) is 13.9. The molecule has 2 heteroatoms. The minimum Gasteiger partial charge on any atom is -0.496 e. The Morgan fingerprint density at radius 2 is 1.77 bits per heavy atom. The van der Waals surface area contributed by atoms with Gasteiger partial charge in [0, 0.05) is 5.56 Å². The number of aryl methyl sites for hydroxylation is 2. The van der Waals surface area contributed by atoms with Crippen molar-refractivity contribution in [2.45, 2.75) is 33.1 Å². The van der Waals surface area contributed by atoms with Crippen LogP contribution in [0, 0.1) is 12.8 Å². The van der Waals surface area contributed by atoms with Crippen LogP contribution in [0.15, 0.2) is 42.5 Å². The molecule has 2 rings (SSSR count). The topological polar surface area (TPSA) is 35.2 Å². The average Bonchev–Trinajstić information content (AvgIpc) is 2.54. The second-order valence-electron chi connectivity index (χ2n) is 6.12. The number of methoxy groups -OCH3 is 1. The van der Waals surface area contributed by atoms with Crippen molar-refractivity contribution < 1.29 is 4.74 Å². The lowest BCUT2D eigenvalue weighted by Crippen LogP contribution is -2.06. The molecule has 2 nitrogen and oxygen atoms in total. The summed E-state index contributed by atoms with van der Waals surface area (Å²) in [5.41, 5.74) is 10.6. The Hall–Kier alpha value is -1.80. The third-order valence-corrected chi connectivity index (χ3v) is 4.21. The summed E-state index contributed by atoms with van der Waals surface area (Å²) < 4.78 is 5.48. The highest BCUT2D eigenvalue weighted by molar-refractivity contribution is 5.71. The first-order valence-electron chi connectivity index (χ1n) is 8.08. The minimum atomic E-state index is 0.696. The Labute approximate surface area is 134 Å². The van der Waals surface area contributed by atoms with Crippen molar-refractivity contribution in [3.05, 3.63) is 53.6 Å². The van der Waals surface area contributed by atoms with Gasteiger partial charge in [-0.25, -0.2) is 0 Å². The Balaban J connectivity index is 2.10. The molecule has 2 aromatic carbocycles. The highest BCUT2D eigenvalue weighted by Crippen LogP contribution is 2.31. The average molecular weight is 297 g/mol. The van der Waals surface area contributed by atoms with Crippen molar-refractivity contribution >= 4 is 0 Å². The van der Waals surface area contributed by atoms with Gasteiger partial charge in [0.2, 0.25) is 0 Å². The lowest BCUT2D eigenvalue weighted by atomic mass is 9.96. The SMILES string of the molecule is COc1ccc(C)cc1-c1ccc(CCC(C)CCN)cc1. The van der Waals surface area contributed by atoms with Crippen molar-refractivity contribution in [1.29, 1.82) is 0 Å². The van der Waals surface area contributed by atoms with Gasteiger partial charge >= 0.3 is 0 Å². The number of ether oxygens (including phenoxy) is 1. The van der Waals surface area contributed by atoms with Gasteiger partial charge in [-0.15, -0.1) is 0 Å². The van der Waals surface area contributed by atoms with E-state index in [-0.39, 0.29) is 0 Å². The predicted molar refractivity (Wildman–Crippen MR) is 94.3 cm³/mol. The fourth-order valence-electron chi connectivity index (χ4n) is 2.74. The van der Waals surface area contributed by atoms with E-state index < -0.39 is 0 Å². The second-order valence-corrected chi connectivity index (χ2v) is 6.12. The number of hydrogen-bond donors (Lipinski definition) is 1. The third kappa shape index (κ3) is 4.35. The predicted octanol–water partition coefficient (Wildman–Crippen LogP) is 4.59.